The van der Waals surface area contributed by atoms with Crippen molar-refractivity contribution in [3.05, 3.63) is 62.4 Å². The van der Waals surface area contributed by atoms with Gasteiger partial charge in [-0.05, 0) is 42.7 Å². The normalized spacial score (nSPS) is 11.2. The lowest BCUT2D eigenvalue weighted by atomic mass is 10.0. The topological polar surface area (TPSA) is 103 Å². The molecular formula is C22H24N4O4S. The molecule has 0 aliphatic rings. The fraction of sp³-hybridized carbons (Fsp3) is 0.318. The Balaban J connectivity index is 1.93. The van der Waals surface area contributed by atoms with E-state index >= 15 is 0 Å². The number of ketones is 1. The molecule has 1 amide bonds. The number of pyridine rings is 1. The van der Waals surface area contributed by atoms with Crippen LogP contribution in [0.1, 0.15) is 42.6 Å². The van der Waals surface area contributed by atoms with E-state index in [1.807, 2.05) is 13.8 Å². The van der Waals surface area contributed by atoms with Gasteiger partial charge in [-0.25, -0.2) is 9.78 Å². The SMILES string of the molecule is CC(=O)c1ccc(NC(=O)CSc2c(C(C)C)cnc3c2c(=O)n(C)c(=O)n3C)cc1. The third-order valence-electron chi connectivity index (χ3n) is 4.99. The molecule has 0 radical (unpaired) electrons. The molecule has 31 heavy (non-hydrogen) atoms. The van der Waals surface area contributed by atoms with E-state index in [2.05, 4.69) is 10.3 Å². The van der Waals surface area contributed by atoms with Crippen molar-refractivity contribution >= 4 is 40.2 Å². The van der Waals surface area contributed by atoms with Gasteiger partial charge in [0.1, 0.15) is 5.65 Å². The Labute approximate surface area is 183 Å². The van der Waals surface area contributed by atoms with E-state index in [0.717, 1.165) is 10.1 Å². The number of Topliss-reactive ketones (excluding diaryl/α,β-unsaturated/α-hetero) is 1. The Morgan fingerprint density at radius 2 is 1.74 bits per heavy atom. The van der Waals surface area contributed by atoms with E-state index in [4.69, 9.17) is 0 Å². The zero-order valence-corrected chi connectivity index (χ0v) is 18.9. The number of thioether (sulfide) groups is 1. The van der Waals surface area contributed by atoms with Crippen LogP contribution >= 0.6 is 11.8 Å². The molecule has 0 atom stereocenters. The van der Waals surface area contributed by atoms with Gasteiger partial charge in [0, 0.05) is 36.4 Å². The second-order valence-corrected chi connectivity index (χ2v) is 8.56. The lowest BCUT2D eigenvalue weighted by Crippen LogP contribution is -2.37. The highest BCUT2D eigenvalue weighted by Crippen LogP contribution is 2.32. The summed E-state index contributed by atoms with van der Waals surface area (Å²) in [6, 6.07) is 6.66. The number of anilines is 1. The van der Waals surface area contributed by atoms with E-state index in [0.29, 0.717) is 27.2 Å². The number of aromatic nitrogens is 3. The first kappa shape index (κ1) is 22.5. The molecule has 1 aromatic carbocycles. The molecule has 0 saturated heterocycles. The maximum absolute atomic E-state index is 12.9. The third-order valence-corrected chi connectivity index (χ3v) is 6.13. The van der Waals surface area contributed by atoms with Gasteiger partial charge >= 0.3 is 5.69 Å². The van der Waals surface area contributed by atoms with Crippen LogP contribution in [-0.2, 0) is 18.9 Å². The van der Waals surface area contributed by atoms with Gasteiger partial charge in [0.2, 0.25) is 5.91 Å². The fourth-order valence-corrected chi connectivity index (χ4v) is 4.33. The third kappa shape index (κ3) is 4.46. The molecule has 0 fully saturated rings. The maximum Gasteiger partial charge on any atom is 0.332 e. The van der Waals surface area contributed by atoms with Crippen LogP contribution in [0.25, 0.3) is 11.0 Å². The van der Waals surface area contributed by atoms with Crippen molar-refractivity contribution in [2.24, 2.45) is 14.1 Å². The van der Waals surface area contributed by atoms with Crippen LogP contribution in [0.2, 0.25) is 0 Å². The molecule has 0 aliphatic carbocycles. The first-order valence-electron chi connectivity index (χ1n) is 9.74. The molecule has 8 nitrogen and oxygen atoms in total. The second-order valence-electron chi connectivity index (χ2n) is 7.57. The lowest BCUT2D eigenvalue weighted by molar-refractivity contribution is -0.113. The number of amides is 1. The average molecular weight is 441 g/mol. The number of benzene rings is 1. The Morgan fingerprint density at radius 3 is 2.32 bits per heavy atom. The number of carbonyl (C=O) groups excluding carboxylic acids is 2. The van der Waals surface area contributed by atoms with Gasteiger partial charge in [0.15, 0.2) is 5.78 Å². The summed E-state index contributed by atoms with van der Waals surface area (Å²) in [5.74, 6) is -0.153. The highest BCUT2D eigenvalue weighted by Gasteiger charge is 2.20. The number of hydrogen-bond donors (Lipinski definition) is 1. The molecular weight excluding hydrogens is 416 g/mol. The molecule has 9 heteroatoms. The minimum Gasteiger partial charge on any atom is -0.325 e. The van der Waals surface area contributed by atoms with Crippen LogP contribution in [0, 0.1) is 0 Å². The van der Waals surface area contributed by atoms with Crippen LogP contribution in [0.4, 0.5) is 5.69 Å². The average Bonchev–Trinajstić information content (AvgIpc) is 2.74. The first-order valence-corrected chi connectivity index (χ1v) is 10.7. The summed E-state index contributed by atoms with van der Waals surface area (Å²) in [5, 5.41) is 3.13. The van der Waals surface area contributed by atoms with Gasteiger partial charge in [-0.15, -0.1) is 11.8 Å². The Hall–Kier alpha value is -3.20. The highest BCUT2D eigenvalue weighted by atomic mass is 32.2. The molecule has 2 aromatic heterocycles. The second kappa shape index (κ2) is 8.89. The van der Waals surface area contributed by atoms with Crippen molar-refractivity contribution in [1.29, 1.82) is 0 Å². The monoisotopic (exact) mass is 440 g/mol. The highest BCUT2D eigenvalue weighted by molar-refractivity contribution is 8.00. The number of aryl methyl sites for hydroxylation is 1. The van der Waals surface area contributed by atoms with Crippen molar-refractivity contribution in [2.75, 3.05) is 11.1 Å². The van der Waals surface area contributed by atoms with Crippen molar-refractivity contribution < 1.29 is 9.59 Å². The van der Waals surface area contributed by atoms with Gasteiger partial charge < -0.3 is 5.32 Å². The van der Waals surface area contributed by atoms with Gasteiger partial charge in [-0.1, -0.05) is 13.8 Å². The Bertz CT molecular complexity index is 1290. The largest absolute Gasteiger partial charge is 0.332 e. The summed E-state index contributed by atoms with van der Waals surface area (Å²) in [5.41, 5.74) is 1.39. The zero-order valence-electron chi connectivity index (χ0n) is 18.1. The molecule has 3 rings (SSSR count). The van der Waals surface area contributed by atoms with Crippen LogP contribution in [0.3, 0.4) is 0 Å². The smallest absolute Gasteiger partial charge is 0.325 e. The summed E-state index contributed by atoms with van der Waals surface area (Å²) in [4.78, 5) is 54.1. The van der Waals surface area contributed by atoms with Crippen molar-refractivity contribution in [2.45, 2.75) is 31.6 Å². The summed E-state index contributed by atoms with van der Waals surface area (Å²) < 4.78 is 2.39. The maximum atomic E-state index is 12.9. The minimum atomic E-state index is -0.454. The number of carbonyl (C=O) groups is 2. The predicted molar refractivity (Wildman–Crippen MR) is 122 cm³/mol. The lowest BCUT2D eigenvalue weighted by Gasteiger charge is -2.16. The Kier molecular flexibility index (Phi) is 6.45. The number of nitrogens with zero attached hydrogens (tertiary/aromatic N) is 3. The van der Waals surface area contributed by atoms with Crippen LogP contribution in [0.5, 0.6) is 0 Å². The molecule has 0 unspecified atom stereocenters. The molecule has 0 aliphatic heterocycles. The van der Waals surface area contributed by atoms with E-state index in [-0.39, 0.29) is 23.4 Å². The van der Waals surface area contributed by atoms with Crippen LogP contribution in [-0.4, -0.2) is 31.6 Å². The molecule has 162 valence electrons. The van der Waals surface area contributed by atoms with E-state index in [1.165, 1.54) is 30.3 Å². The standard InChI is InChI=1S/C22H24N4O4S/c1-12(2)16-10-23-20-18(21(29)26(5)22(30)25(20)4)19(16)31-11-17(28)24-15-8-6-14(7-9-15)13(3)27/h6-10,12H,11H2,1-5H3,(H,24,28). The number of nitrogens with one attached hydrogen (secondary N) is 1. The molecule has 1 N–H and O–H groups in total. The molecule has 0 bridgehead atoms. The summed E-state index contributed by atoms with van der Waals surface area (Å²) in [6.45, 7) is 5.45. The minimum absolute atomic E-state index is 0.0461. The number of rotatable bonds is 6. The van der Waals surface area contributed by atoms with Gasteiger partial charge in [-0.3, -0.25) is 23.5 Å². The van der Waals surface area contributed by atoms with Crippen LogP contribution < -0.4 is 16.6 Å². The van der Waals surface area contributed by atoms with Crippen molar-refractivity contribution in [3.8, 4) is 0 Å². The van der Waals surface area contributed by atoms with Gasteiger partial charge in [0.05, 0.1) is 11.1 Å². The molecule has 3 aromatic rings. The predicted octanol–water partition coefficient (Wildman–Crippen LogP) is 2.69. The van der Waals surface area contributed by atoms with E-state index in [9.17, 15) is 19.2 Å². The van der Waals surface area contributed by atoms with Gasteiger partial charge in [-0.2, -0.15) is 0 Å². The summed E-state index contributed by atoms with van der Waals surface area (Å²) in [7, 11) is 3.00. The van der Waals surface area contributed by atoms with Gasteiger partial charge in [0.25, 0.3) is 5.56 Å². The molecule has 2 heterocycles. The van der Waals surface area contributed by atoms with E-state index < -0.39 is 11.2 Å². The van der Waals surface area contributed by atoms with Crippen LogP contribution in [0.15, 0.2) is 44.9 Å². The van der Waals surface area contributed by atoms with Crippen molar-refractivity contribution in [1.82, 2.24) is 14.1 Å². The molecule has 0 saturated carbocycles. The molecule has 0 spiro atoms. The number of hydrogen-bond acceptors (Lipinski definition) is 6. The Morgan fingerprint density at radius 1 is 1.10 bits per heavy atom. The number of fused-ring (bicyclic) bond motifs is 1. The van der Waals surface area contributed by atoms with Crippen molar-refractivity contribution in [3.63, 3.8) is 0 Å². The zero-order chi connectivity index (χ0) is 22.9. The summed E-state index contributed by atoms with van der Waals surface area (Å²) >= 11 is 1.24. The quantitative estimate of drug-likeness (QED) is 0.467. The first-order chi connectivity index (χ1) is 14.6. The fourth-order valence-electron chi connectivity index (χ4n) is 3.21. The van der Waals surface area contributed by atoms with E-state index in [1.54, 1.807) is 37.5 Å². The summed E-state index contributed by atoms with van der Waals surface area (Å²) in [6.07, 6.45) is 1.66.